The number of cyclic esters (lactones) is 1. The molecule has 31 heavy (non-hydrogen) atoms. The zero-order valence-electron chi connectivity index (χ0n) is 16.3. The SMILES string of the molecule is Cc1cc(I)ccc1N1COC(=O)c2cc(C(=O)NCCc3cnc[nH]3)c(F)c(F)c21. The summed E-state index contributed by atoms with van der Waals surface area (Å²) in [5, 5.41) is 2.53. The number of aryl methyl sites for hydroxylation is 1. The highest BCUT2D eigenvalue weighted by atomic mass is 127. The Hall–Kier alpha value is -3.02. The fraction of sp³-hybridized carbons (Fsp3) is 0.190. The summed E-state index contributed by atoms with van der Waals surface area (Å²) in [6, 6.07) is 6.47. The average molecular weight is 538 g/mol. The first-order valence-corrected chi connectivity index (χ1v) is 10.4. The number of hydrogen-bond donors (Lipinski definition) is 2. The van der Waals surface area contributed by atoms with Crippen molar-refractivity contribution in [2.75, 3.05) is 18.2 Å². The Morgan fingerprint density at radius 3 is 2.84 bits per heavy atom. The predicted molar refractivity (Wildman–Crippen MR) is 117 cm³/mol. The number of benzene rings is 2. The first kappa shape index (κ1) is 21.2. The molecule has 10 heteroatoms. The highest BCUT2D eigenvalue weighted by Gasteiger charge is 2.34. The van der Waals surface area contributed by atoms with Crippen molar-refractivity contribution in [2.45, 2.75) is 13.3 Å². The van der Waals surface area contributed by atoms with Crippen LogP contribution in [0.3, 0.4) is 0 Å². The fourth-order valence-corrected chi connectivity index (χ4v) is 4.05. The molecule has 0 aliphatic carbocycles. The van der Waals surface area contributed by atoms with Gasteiger partial charge < -0.3 is 19.9 Å². The standard InChI is InChI=1S/C21H17F2IN4O3/c1-11-6-12(24)2-3-16(11)28-10-31-21(30)15-7-14(17(22)18(23)19(15)28)20(29)26-5-4-13-8-25-9-27-13/h2-3,6-9H,4-5,10H2,1H3,(H,25,27)(H,26,29). The number of rotatable bonds is 5. The van der Waals surface area contributed by atoms with Gasteiger partial charge in [0.15, 0.2) is 18.4 Å². The highest BCUT2D eigenvalue weighted by molar-refractivity contribution is 14.1. The van der Waals surface area contributed by atoms with E-state index in [0.29, 0.717) is 12.1 Å². The molecule has 0 saturated heterocycles. The van der Waals surface area contributed by atoms with Gasteiger partial charge in [0.1, 0.15) is 0 Å². The number of aromatic amines is 1. The monoisotopic (exact) mass is 538 g/mol. The van der Waals surface area contributed by atoms with Crippen LogP contribution >= 0.6 is 22.6 Å². The summed E-state index contributed by atoms with van der Waals surface area (Å²) < 4.78 is 36.2. The molecule has 0 radical (unpaired) electrons. The summed E-state index contributed by atoms with van der Waals surface area (Å²) >= 11 is 2.15. The van der Waals surface area contributed by atoms with Crippen LogP contribution in [0.4, 0.5) is 20.2 Å². The molecule has 160 valence electrons. The summed E-state index contributed by atoms with van der Waals surface area (Å²) in [4.78, 5) is 32.9. The van der Waals surface area contributed by atoms with Gasteiger partial charge in [-0.3, -0.25) is 4.79 Å². The van der Waals surface area contributed by atoms with Gasteiger partial charge in [0.05, 0.1) is 23.1 Å². The quantitative estimate of drug-likeness (QED) is 0.381. The number of nitrogens with one attached hydrogen (secondary N) is 2. The number of aromatic nitrogens is 2. The Kier molecular flexibility index (Phi) is 5.90. The van der Waals surface area contributed by atoms with E-state index in [0.717, 1.165) is 20.9 Å². The largest absolute Gasteiger partial charge is 0.440 e. The van der Waals surface area contributed by atoms with E-state index in [1.54, 1.807) is 12.3 Å². The number of H-pyrrole nitrogens is 1. The summed E-state index contributed by atoms with van der Waals surface area (Å²) in [5.41, 5.74) is 1.15. The zero-order valence-corrected chi connectivity index (χ0v) is 18.5. The van der Waals surface area contributed by atoms with E-state index in [9.17, 15) is 14.0 Å². The molecular weight excluding hydrogens is 521 g/mol. The predicted octanol–water partition coefficient (Wildman–Crippen LogP) is 3.84. The lowest BCUT2D eigenvalue weighted by molar-refractivity contribution is 0.0491. The number of carbonyl (C=O) groups excluding carboxylic acids is 2. The first-order chi connectivity index (χ1) is 14.9. The minimum absolute atomic E-state index is 0.178. The second kappa shape index (κ2) is 8.61. The number of carbonyl (C=O) groups is 2. The van der Waals surface area contributed by atoms with Crippen LogP contribution in [0.25, 0.3) is 0 Å². The number of nitrogens with zero attached hydrogens (tertiary/aromatic N) is 2. The summed E-state index contributed by atoms with van der Waals surface area (Å²) in [5.74, 6) is -4.24. The van der Waals surface area contributed by atoms with Crippen molar-refractivity contribution in [1.82, 2.24) is 15.3 Å². The third kappa shape index (κ3) is 4.11. The first-order valence-electron chi connectivity index (χ1n) is 9.35. The molecule has 0 fully saturated rings. The number of esters is 1. The van der Waals surface area contributed by atoms with Crippen molar-refractivity contribution >= 4 is 45.8 Å². The lowest BCUT2D eigenvalue weighted by Crippen LogP contribution is -2.34. The van der Waals surface area contributed by atoms with Gasteiger partial charge in [0.2, 0.25) is 0 Å². The Morgan fingerprint density at radius 1 is 1.32 bits per heavy atom. The van der Waals surface area contributed by atoms with Gasteiger partial charge in [-0.25, -0.2) is 18.6 Å². The van der Waals surface area contributed by atoms with Gasteiger partial charge in [0, 0.05) is 34.1 Å². The van der Waals surface area contributed by atoms with Crippen LogP contribution in [0.1, 0.15) is 32.0 Å². The van der Waals surface area contributed by atoms with Crippen LogP contribution < -0.4 is 10.2 Å². The molecule has 7 nitrogen and oxygen atoms in total. The molecule has 2 heterocycles. The maximum atomic E-state index is 15.2. The molecule has 0 atom stereocenters. The van der Waals surface area contributed by atoms with E-state index in [1.807, 2.05) is 19.1 Å². The highest BCUT2D eigenvalue weighted by Crippen LogP contribution is 2.38. The molecule has 0 unspecified atom stereocenters. The van der Waals surface area contributed by atoms with Crippen LogP contribution in [0.15, 0.2) is 36.8 Å². The normalized spacial score (nSPS) is 13.0. The minimum atomic E-state index is -1.32. The van der Waals surface area contributed by atoms with Crippen molar-refractivity contribution in [3.05, 3.63) is 74.4 Å². The van der Waals surface area contributed by atoms with Crippen LogP contribution in [-0.2, 0) is 11.2 Å². The molecule has 1 aromatic heterocycles. The molecule has 2 aromatic carbocycles. The third-order valence-electron chi connectivity index (χ3n) is 4.92. The van der Waals surface area contributed by atoms with E-state index in [-0.39, 0.29) is 24.5 Å². The lowest BCUT2D eigenvalue weighted by atomic mass is 10.0. The molecule has 0 saturated carbocycles. The van der Waals surface area contributed by atoms with Gasteiger partial charge in [-0.1, -0.05) is 0 Å². The molecule has 1 aliphatic heterocycles. The second-order valence-electron chi connectivity index (χ2n) is 6.95. The van der Waals surface area contributed by atoms with E-state index in [1.165, 1.54) is 11.2 Å². The number of imidazole rings is 1. The van der Waals surface area contributed by atoms with Crippen LogP contribution in [0.5, 0.6) is 0 Å². The van der Waals surface area contributed by atoms with Crippen molar-refractivity contribution in [2.24, 2.45) is 0 Å². The van der Waals surface area contributed by atoms with Crippen molar-refractivity contribution in [3.8, 4) is 0 Å². The number of hydrogen-bond acceptors (Lipinski definition) is 5. The molecular formula is C21H17F2IN4O3. The van der Waals surface area contributed by atoms with E-state index < -0.39 is 29.1 Å². The fourth-order valence-electron chi connectivity index (χ4n) is 3.41. The van der Waals surface area contributed by atoms with Gasteiger partial charge in [0.25, 0.3) is 5.91 Å². The van der Waals surface area contributed by atoms with Crippen LogP contribution in [0.2, 0.25) is 0 Å². The number of halogens is 3. The summed E-state index contributed by atoms with van der Waals surface area (Å²) in [6.45, 7) is 1.74. The van der Waals surface area contributed by atoms with Crippen LogP contribution in [-0.4, -0.2) is 35.1 Å². The minimum Gasteiger partial charge on any atom is -0.440 e. The van der Waals surface area contributed by atoms with Crippen LogP contribution in [0, 0.1) is 22.1 Å². The van der Waals surface area contributed by atoms with Crippen molar-refractivity contribution < 1.29 is 23.1 Å². The number of fused-ring (bicyclic) bond motifs is 1. The maximum absolute atomic E-state index is 15.2. The maximum Gasteiger partial charge on any atom is 0.342 e. The van der Waals surface area contributed by atoms with Gasteiger partial charge in [-0.15, -0.1) is 0 Å². The Bertz CT molecular complexity index is 1170. The molecule has 2 N–H and O–H groups in total. The van der Waals surface area contributed by atoms with E-state index in [4.69, 9.17) is 4.74 Å². The Balaban J connectivity index is 1.67. The van der Waals surface area contributed by atoms with Gasteiger partial charge in [-0.2, -0.15) is 0 Å². The zero-order chi connectivity index (χ0) is 22.1. The number of anilines is 2. The smallest absolute Gasteiger partial charge is 0.342 e. The topological polar surface area (TPSA) is 87.3 Å². The van der Waals surface area contributed by atoms with E-state index in [2.05, 4.69) is 37.9 Å². The summed E-state index contributed by atoms with van der Waals surface area (Å²) in [6.07, 6.45) is 3.54. The molecule has 4 rings (SSSR count). The number of amides is 1. The molecule has 1 aliphatic rings. The average Bonchev–Trinajstić information content (AvgIpc) is 3.25. The molecule has 0 spiro atoms. The second-order valence-corrected chi connectivity index (χ2v) is 8.20. The molecule has 0 bridgehead atoms. The molecule has 1 amide bonds. The Labute approximate surface area is 189 Å². The summed E-state index contributed by atoms with van der Waals surface area (Å²) in [7, 11) is 0. The molecule has 3 aromatic rings. The lowest BCUT2D eigenvalue weighted by Gasteiger charge is -2.32. The third-order valence-corrected chi connectivity index (χ3v) is 5.60. The van der Waals surface area contributed by atoms with E-state index >= 15 is 4.39 Å². The van der Waals surface area contributed by atoms with Gasteiger partial charge in [-0.05, 0) is 59.3 Å². The number of ether oxygens (including phenoxy) is 1. The van der Waals surface area contributed by atoms with Crippen molar-refractivity contribution in [1.29, 1.82) is 0 Å². The Morgan fingerprint density at radius 2 is 2.13 bits per heavy atom. The van der Waals surface area contributed by atoms with Gasteiger partial charge >= 0.3 is 5.97 Å². The van der Waals surface area contributed by atoms with Crippen molar-refractivity contribution in [3.63, 3.8) is 0 Å².